The highest BCUT2D eigenvalue weighted by Gasteiger charge is 2.12. The van der Waals surface area contributed by atoms with Gasteiger partial charge in [-0.1, -0.05) is 88.3 Å². The summed E-state index contributed by atoms with van der Waals surface area (Å²) in [6.45, 7) is 8.73. The third-order valence-electron chi connectivity index (χ3n) is 8.20. The molecule has 0 bridgehead atoms. The number of carbonyl (C=O) groups is 1. The average molecular weight is 811 g/mol. The van der Waals surface area contributed by atoms with Gasteiger partial charge in [0.1, 0.15) is 0 Å². The maximum atomic E-state index is 12.9. The van der Waals surface area contributed by atoms with Gasteiger partial charge in [0.25, 0.3) is 0 Å². The van der Waals surface area contributed by atoms with Gasteiger partial charge in [-0.25, -0.2) is 4.21 Å². The summed E-state index contributed by atoms with van der Waals surface area (Å²) in [5, 5.41) is 0. The second kappa shape index (κ2) is 22.3. The van der Waals surface area contributed by atoms with Crippen LogP contribution in [0.2, 0.25) is 0 Å². The molecule has 6 rings (SSSR count). The van der Waals surface area contributed by atoms with Crippen LogP contribution in [0, 0.1) is 0 Å². The van der Waals surface area contributed by atoms with Crippen molar-refractivity contribution in [3.63, 3.8) is 0 Å². The van der Waals surface area contributed by atoms with E-state index in [1.54, 1.807) is 23.5 Å². The van der Waals surface area contributed by atoms with E-state index in [4.69, 9.17) is 0 Å². The highest BCUT2D eigenvalue weighted by molar-refractivity contribution is 7.99. The van der Waals surface area contributed by atoms with Gasteiger partial charge in [0.2, 0.25) is 0 Å². The fraction of sp³-hybridized carbons (Fsp3) is 0.178. The maximum Gasteiger partial charge on any atom is 0.193 e. The second-order valence-corrected chi connectivity index (χ2v) is 17.5. The molecule has 8 heteroatoms. The molecule has 0 saturated heterocycles. The first-order valence-corrected chi connectivity index (χ1v) is 21.7. The number of ketones is 1. The lowest BCUT2D eigenvalue weighted by Gasteiger charge is -2.09. The third-order valence-corrected chi connectivity index (χ3v) is 12.5. The molecule has 0 aliphatic rings. The lowest BCUT2D eigenvalue weighted by molar-refractivity contribution is 0.103. The van der Waals surface area contributed by atoms with Gasteiger partial charge in [-0.15, -0.1) is 37.9 Å². The van der Waals surface area contributed by atoms with Gasteiger partial charge >= 0.3 is 0 Å². The normalized spacial score (nSPS) is 11.7. The molecule has 0 aliphatic heterocycles. The van der Waals surface area contributed by atoms with E-state index in [1.165, 1.54) is 28.2 Å². The Kier molecular flexibility index (Phi) is 17.9. The minimum absolute atomic E-state index is 0.0324. The molecule has 6 aromatic carbocycles. The van der Waals surface area contributed by atoms with Crippen LogP contribution in [-0.2, 0) is 10.8 Å². The monoisotopic (exact) mass is 810 g/mol. The fourth-order valence-electron chi connectivity index (χ4n) is 4.68. The Hall–Kier alpha value is -3.11. The van der Waals surface area contributed by atoms with Crippen LogP contribution in [-0.4, -0.2) is 9.99 Å². The number of unbranched alkanes of at least 4 members (excludes halogenated alkanes) is 1. The van der Waals surface area contributed by atoms with Crippen molar-refractivity contribution in [2.75, 3.05) is 0 Å². The van der Waals surface area contributed by atoms with Gasteiger partial charge in [-0.05, 0) is 139 Å². The maximum absolute atomic E-state index is 12.9. The van der Waals surface area contributed by atoms with Crippen LogP contribution in [0.5, 0.6) is 0 Å². The zero-order chi connectivity index (χ0) is 38.2. The first kappa shape index (κ1) is 42.6. The Morgan fingerprint density at radius 2 is 0.811 bits per heavy atom. The van der Waals surface area contributed by atoms with Gasteiger partial charge in [0, 0.05) is 55.2 Å². The van der Waals surface area contributed by atoms with Gasteiger partial charge in [-0.3, -0.25) is 4.79 Å². The molecule has 0 saturated carbocycles. The molecule has 0 aliphatic carbocycles. The summed E-state index contributed by atoms with van der Waals surface area (Å²) in [6, 6.07) is 47.0. The van der Waals surface area contributed by atoms with E-state index in [1.807, 2.05) is 109 Å². The first-order valence-electron chi connectivity index (χ1n) is 17.6. The number of benzene rings is 6. The quantitative estimate of drug-likeness (QED) is 0.0899. The summed E-state index contributed by atoms with van der Waals surface area (Å²) >= 11 is 16.1. The summed E-state index contributed by atoms with van der Waals surface area (Å²) in [4.78, 5) is 21.7. The highest BCUT2D eigenvalue weighted by atomic mass is 32.2. The van der Waals surface area contributed by atoms with Crippen LogP contribution in [0.15, 0.2) is 190 Å². The topological polar surface area (TPSA) is 34.1 Å². The molecule has 2 atom stereocenters. The molecule has 0 aromatic heterocycles. The van der Waals surface area contributed by atoms with Crippen LogP contribution < -0.4 is 0 Å². The van der Waals surface area contributed by atoms with Crippen molar-refractivity contribution in [1.29, 1.82) is 0 Å². The number of hydrogen-bond acceptors (Lipinski definition) is 7. The van der Waals surface area contributed by atoms with E-state index < -0.39 is 10.8 Å². The van der Waals surface area contributed by atoms with Crippen LogP contribution in [0.4, 0.5) is 0 Å². The summed E-state index contributed by atoms with van der Waals surface area (Å²) in [5.41, 5.74) is 2.65. The summed E-state index contributed by atoms with van der Waals surface area (Å²) in [5.74, 6) is 0.527. The smallest absolute Gasteiger partial charge is 0.193 e. The van der Waals surface area contributed by atoms with Gasteiger partial charge in [0.15, 0.2) is 5.78 Å². The zero-order valence-electron chi connectivity index (χ0n) is 30.4. The zero-order valence-corrected chi connectivity index (χ0v) is 35.6. The molecule has 0 N–H and O–H groups in total. The van der Waals surface area contributed by atoms with Gasteiger partial charge < -0.3 is 0 Å². The minimum atomic E-state index is -1.22. The lowest BCUT2D eigenvalue weighted by atomic mass is 9.95. The number of carbonyl (C=O) groups excluding carboxylic acids is 1. The third kappa shape index (κ3) is 13.9. The Morgan fingerprint density at radius 1 is 0.509 bits per heavy atom. The van der Waals surface area contributed by atoms with Crippen molar-refractivity contribution in [3.8, 4) is 0 Å². The molecule has 2 nitrogen and oxygen atoms in total. The molecule has 274 valence electrons. The fourth-order valence-corrected chi connectivity index (χ4v) is 7.80. The van der Waals surface area contributed by atoms with E-state index in [0.29, 0.717) is 17.0 Å². The van der Waals surface area contributed by atoms with Gasteiger partial charge in [0.05, 0.1) is 10.8 Å². The molecule has 0 heterocycles. The van der Waals surface area contributed by atoms with Crippen molar-refractivity contribution in [2.45, 2.75) is 96.9 Å². The predicted molar refractivity (Wildman–Crippen MR) is 236 cm³/mol. The van der Waals surface area contributed by atoms with Crippen molar-refractivity contribution >= 4 is 78.0 Å². The standard InChI is InChI=1S/C29H26O2S3.C12H10S3.C4H10/c1-3-20(2)21-4-6-22(7-5-21)29(30)23-8-12-25(13-9-23)33-26-14-18-28(19-15-26)34(31)27-16-10-24(32)11-17-27;13-9-1-5-11(6-2-9)15-12-7-3-10(14)4-8-12;1-3-4-2/h4-20,32H,3H2,1-2H3;1-8,13-14H;3-4H2,1-2H3. The van der Waals surface area contributed by atoms with Crippen molar-refractivity contribution in [2.24, 2.45) is 0 Å². The van der Waals surface area contributed by atoms with Crippen molar-refractivity contribution in [1.82, 2.24) is 0 Å². The average Bonchev–Trinajstić information content (AvgIpc) is 3.20. The molecular weight excluding hydrogens is 765 g/mol. The lowest BCUT2D eigenvalue weighted by Crippen LogP contribution is -2.01. The molecule has 0 spiro atoms. The first-order chi connectivity index (χ1) is 25.6. The van der Waals surface area contributed by atoms with E-state index in [0.717, 1.165) is 40.7 Å². The Morgan fingerprint density at radius 3 is 1.17 bits per heavy atom. The molecule has 0 fully saturated rings. The highest BCUT2D eigenvalue weighted by Crippen LogP contribution is 2.31. The van der Waals surface area contributed by atoms with E-state index in [9.17, 15) is 9.00 Å². The molecular formula is C45H46O2S6. The SMILES string of the molecule is CCC(C)c1ccc(C(=O)c2ccc(Sc3ccc(S(=O)c4ccc(S)cc4)cc3)cc2)cc1.CCCC.Sc1ccc(Sc2ccc(S)cc2)cc1. The Labute approximate surface area is 343 Å². The Balaban J connectivity index is 0.000000272. The number of thiol groups is 3. The molecule has 0 amide bonds. The molecule has 2 unspecified atom stereocenters. The van der Waals surface area contributed by atoms with Crippen LogP contribution in [0.25, 0.3) is 0 Å². The molecule has 0 radical (unpaired) electrons. The largest absolute Gasteiger partial charge is 0.289 e. The summed E-state index contributed by atoms with van der Waals surface area (Å²) in [6.07, 6.45) is 3.72. The number of rotatable bonds is 11. The van der Waals surface area contributed by atoms with Crippen LogP contribution in [0.1, 0.15) is 74.4 Å². The summed E-state index contributed by atoms with van der Waals surface area (Å²) < 4.78 is 12.8. The van der Waals surface area contributed by atoms with E-state index in [-0.39, 0.29) is 5.78 Å². The minimum Gasteiger partial charge on any atom is -0.289 e. The van der Waals surface area contributed by atoms with Crippen LogP contribution >= 0.6 is 61.4 Å². The van der Waals surface area contributed by atoms with Crippen molar-refractivity contribution < 1.29 is 9.00 Å². The van der Waals surface area contributed by atoms with Crippen molar-refractivity contribution in [3.05, 3.63) is 162 Å². The number of hydrogen-bond donors (Lipinski definition) is 3. The van der Waals surface area contributed by atoms with Crippen LogP contribution in [0.3, 0.4) is 0 Å². The summed E-state index contributed by atoms with van der Waals surface area (Å²) in [7, 11) is -1.22. The molecule has 53 heavy (non-hydrogen) atoms. The van der Waals surface area contributed by atoms with E-state index in [2.05, 4.69) is 102 Å². The molecule has 6 aromatic rings. The van der Waals surface area contributed by atoms with Gasteiger partial charge in [-0.2, -0.15) is 0 Å². The van der Waals surface area contributed by atoms with E-state index >= 15 is 0 Å². The predicted octanol–water partition coefficient (Wildman–Crippen LogP) is 14.3. The second-order valence-electron chi connectivity index (χ2n) is 12.2. The Bertz CT molecular complexity index is 1960.